The van der Waals surface area contributed by atoms with E-state index in [-0.39, 0.29) is 24.9 Å². The number of carbonyl (C=O) groups excluding carboxylic acids is 2. The van der Waals surface area contributed by atoms with Crippen LogP contribution in [0.1, 0.15) is 42.7 Å². The lowest BCUT2D eigenvalue weighted by molar-refractivity contribution is -0.148. The van der Waals surface area contributed by atoms with Gasteiger partial charge in [-0.2, -0.15) is 0 Å². The first-order valence-electron chi connectivity index (χ1n) is 11.3. The van der Waals surface area contributed by atoms with Crippen molar-refractivity contribution in [3.63, 3.8) is 0 Å². The van der Waals surface area contributed by atoms with Crippen molar-refractivity contribution in [2.45, 2.75) is 43.7 Å². The number of carboxylic acids is 1. The highest BCUT2D eigenvalue weighted by Gasteiger charge is 2.35. The molecular formula is C25H28N2O6. The van der Waals surface area contributed by atoms with Gasteiger partial charge in [-0.3, -0.25) is 4.79 Å². The van der Waals surface area contributed by atoms with Crippen LogP contribution < -0.4 is 10.6 Å². The number of amides is 2. The third-order valence-corrected chi connectivity index (χ3v) is 6.13. The zero-order valence-corrected chi connectivity index (χ0v) is 18.3. The maximum absolute atomic E-state index is 12.2. The van der Waals surface area contributed by atoms with Gasteiger partial charge in [0, 0.05) is 25.5 Å². The third-order valence-electron chi connectivity index (χ3n) is 6.13. The highest BCUT2D eigenvalue weighted by Crippen LogP contribution is 2.44. The summed E-state index contributed by atoms with van der Waals surface area (Å²) in [4.78, 5) is 35.3. The van der Waals surface area contributed by atoms with E-state index in [0.717, 1.165) is 11.1 Å². The van der Waals surface area contributed by atoms with E-state index in [4.69, 9.17) is 14.6 Å². The molecule has 1 heterocycles. The standard InChI is InChI=1S/C25H28N2O6/c28-22(27-21-12-14-32-23(21)24(29)30)11-5-6-13-26-25(31)33-15-20-18-9-3-1-7-16(18)17-8-2-4-10-19(17)20/h1-4,7-10,20-21,23H,5-6,11-15H2,(H,26,31)(H,27,28)(H,29,30)/t21-,23+/m0/s1. The minimum absolute atomic E-state index is 0.0149. The Morgan fingerprint density at radius 3 is 2.33 bits per heavy atom. The Bertz CT molecular complexity index is 978. The van der Waals surface area contributed by atoms with Gasteiger partial charge in [0.2, 0.25) is 5.91 Å². The number of carbonyl (C=O) groups is 3. The monoisotopic (exact) mass is 452 g/mol. The summed E-state index contributed by atoms with van der Waals surface area (Å²) in [7, 11) is 0. The van der Waals surface area contributed by atoms with Gasteiger partial charge in [-0.1, -0.05) is 48.5 Å². The van der Waals surface area contributed by atoms with E-state index in [2.05, 4.69) is 34.9 Å². The van der Waals surface area contributed by atoms with Crippen molar-refractivity contribution in [2.24, 2.45) is 0 Å². The van der Waals surface area contributed by atoms with Gasteiger partial charge in [0.1, 0.15) is 6.61 Å². The van der Waals surface area contributed by atoms with Crippen molar-refractivity contribution in [3.8, 4) is 11.1 Å². The van der Waals surface area contributed by atoms with Gasteiger partial charge >= 0.3 is 12.1 Å². The molecule has 3 N–H and O–H groups in total. The highest BCUT2D eigenvalue weighted by atomic mass is 16.5. The fourth-order valence-electron chi connectivity index (χ4n) is 4.51. The SMILES string of the molecule is O=C(CCCCNC(=O)OCC1c2ccccc2-c2ccccc21)N[C@H]1CCO[C@H]1C(=O)O. The molecule has 0 unspecified atom stereocenters. The quantitative estimate of drug-likeness (QED) is 0.504. The number of fused-ring (bicyclic) bond motifs is 3. The minimum Gasteiger partial charge on any atom is -0.479 e. The summed E-state index contributed by atoms with van der Waals surface area (Å²) in [5, 5.41) is 14.5. The molecule has 0 radical (unpaired) electrons. The van der Waals surface area contributed by atoms with Crippen LogP contribution in [-0.4, -0.2) is 55.0 Å². The Kier molecular flexibility index (Phi) is 7.24. The summed E-state index contributed by atoms with van der Waals surface area (Å²) >= 11 is 0. The van der Waals surface area contributed by atoms with Crippen LogP contribution in [0.3, 0.4) is 0 Å². The first kappa shape index (κ1) is 22.8. The zero-order valence-electron chi connectivity index (χ0n) is 18.3. The van der Waals surface area contributed by atoms with E-state index < -0.39 is 24.2 Å². The molecule has 0 aromatic heterocycles. The topological polar surface area (TPSA) is 114 Å². The third kappa shape index (κ3) is 5.34. The second-order valence-corrected chi connectivity index (χ2v) is 8.30. The maximum atomic E-state index is 12.2. The largest absolute Gasteiger partial charge is 0.479 e. The predicted molar refractivity (Wildman–Crippen MR) is 121 cm³/mol. The van der Waals surface area contributed by atoms with E-state index in [1.807, 2.05) is 24.3 Å². The molecule has 8 heteroatoms. The molecule has 2 aromatic rings. The van der Waals surface area contributed by atoms with Crippen LogP contribution in [0.15, 0.2) is 48.5 Å². The average molecular weight is 453 g/mol. The molecule has 1 saturated heterocycles. The number of nitrogens with one attached hydrogen (secondary N) is 2. The fraction of sp³-hybridized carbons (Fsp3) is 0.400. The van der Waals surface area contributed by atoms with E-state index in [1.54, 1.807) is 0 Å². The Labute approximate surface area is 192 Å². The molecule has 33 heavy (non-hydrogen) atoms. The number of benzene rings is 2. The Balaban J connectivity index is 1.15. The lowest BCUT2D eigenvalue weighted by Crippen LogP contribution is -2.44. The molecule has 174 valence electrons. The second kappa shape index (κ2) is 10.5. The van der Waals surface area contributed by atoms with E-state index >= 15 is 0 Å². The maximum Gasteiger partial charge on any atom is 0.407 e. The van der Waals surface area contributed by atoms with Crippen LogP contribution >= 0.6 is 0 Å². The van der Waals surface area contributed by atoms with Crippen LogP contribution in [0.2, 0.25) is 0 Å². The van der Waals surface area contributed by atoms with Gasteiger partial charge < -0.3 is 25.2 Å². The van der Waals surface area contributed by atoms with Crippen LogP contribution in [0.4, 0.5) is 4.79 Å². The fourth-order valence-corrected chi connectivity index (χ4v) is 4.51. The zero-order chi connectivity index (χ0) is 23.2. The summed E-state index contributed by atoms with van der Waals surface area (Å²) in [6.07, 6.45) is 0.473. The molecule has 1 aliphatic heterocycles. The second-order valence-electron chi connectivity index (χ2n) is 8.30. The number of carboxylic acid groups (broad SMARTS) is 1. The van der Waals surface area contributed by atoms with Gasteiger partial charge in [0.05, 0.1) is 6.04 Å². The number of alkyl carbamates (subject to hydrolysis) is 1. The molecule has 0 bridgehead atoms. The van der Waals surface area contributed by atoms with Crippen LogP contribution in [0.5, 0.6) is 0 Å². The summed E-state index contributed by atoms with van der Waals surface area (Å²) in [6.45, 7) is 0.983. The van der Waals surface area contributed by atoms with Crippen molar-refractivity contribution < 1.29 is 29.0 Å². The number of unbranched alkanes of at least 4 members (excludes halogenated alkanes) is 1. The predicted octanol–water partition coefficient (Wildman–Crippen LogP) is 3.05. The lowest BCUT2D eigenvalue weighted by Gasteiger charge is -2.16. The van der Waals surface area contributed by atoms with E-state index in [0.29, 0.717) is 32.4 Å². The number of ether oxygens (including phenoxy) is 2. The summed E-state index contributed by atoms with van der Waals surface area (Å²) in [5.74, 6) is -1.26. The first-order chi connectivity index (χ1) is 16.0. The number of hydrogen-bond donors (Lipinski definition) is 3. The van der Waals surface area contributed by atoms with Gasteiger partial charge in [-0.25, -0.2) is 9.59 Å². The van der Waals surface area contributed by atoms with Crippen molar-refractivity contribution in [1.29, 1.82) is 0 Å². The molecule has 0 spiro atoms. The van der Waals surface area contributed by atoms with Gasteiger partial charge in [0.15, 0.2) is 6.10 Å². The van der Waals surface area contributed by atoms with Gasteiger partial charge in [0.25, 0.3) is 0 Å². The highest BCUT2D eigenvalue weighted by molar-refractivity contribution is 5.80. The number of rotatable bonds is 9. The smallest absolute Gasteiger partial charge is 0.407 e. The molecule has 2 aromatic carbocycles. The molecule has 1 aliphatic carbocycles. The van der Waals surface area contributed by atoms with Crippen molar-refractivity contribution in [2.75, 3.05) is 19.8 Å². The van der Waals surface area contributed by atoms with Crippen molar-refractivity contribution in [1.82, 2.24) is 10.6 Å². The van der Waals surface area contributed by atoms with Crippen LogP contribution in [0.25, 0.3) is 11.1 Å². The first-order valence-corrected chi connectivity index (χ1v) is 11.3. The van der Waals surface area contributed by atoms with Crippen molar-refractivity contribution >= 4 is 18.0 Å². The van der Waals surface area contributed by atoms with E-state index in [9.17, 15) is 14.4 Å². The molecule has 4 rings (SSSR count). The van der Waals surface area contributed by atoms with Crippen molar-refractivity contribution in [3.05, 3.63) is 59.7 Å². The lowest BCUT2D eigenvalue weighted by atomic mass is 9.98. The Morgan fingerprint density at radius 1 is 1.00 bits per heavy atom. The summed E-state index contributed by atoms with van der Waals surface area (Å²) < 4.78 is 10.6. The molecule has 1 fully saturated rings. The van der Waals surface area contributed by atoms with Crippen LogP contribution in [-0.2, 0) is 19.1 Å². The molecule has 2 aliphatic rings. The molecular weight excluding hydrogens is 424 g/mol. The van der Waals surface area contributed by atoms with Gasteiger partial charge in [-0.15, -0.1) is 0 Å². The number of aliphatic carboxylic acids is 1. The van der Waals surface area contributed by atoms with Crippen LogP contribution in [0, 0.1) is 0 Å². The summed E-state index contributed by atoms with van der Waals surface area (Å²) in [5.41, 5.74) is 4.68. The minimum atomic E-state index is -1.06. The van der Waals surface area contributed by atoms with E-state index in [1.165, 1.54) is 11.1 Å². The molecule has 2 atom stereocenters. The van der Waals surface area contributed by atoms with Gasteiger partial charge in [-0.05, 0) is 41.5 Å². The average Bonchev–Trinajstić information content (AvgIpc) is 3.40. The normalized spacial score (nSPS) is 18.9. The molecule has 0 saturated carbocycles. The summed E-state index contributed by atoms with van der Waals surface area (Å²) in [6, 6.07) is 15.8. The number of hydrogen-bond acceptors (Lipinski definition) is 5. The molecule has 2 amide bonds. The molecule has 8 nitrogen and oxygen atoms in total. The Hall–Kier alpha value is -3.39. The Morgan fingerprint density at radius 2 is 1.67 bits per heavy atom.